The van der Waals surface area contributed by atoms with Crippen LogP contribution >= 0.6 is 34.8 Å². The third kappa shape index (κ3) is 5.73. The quantitative estimate of drug-likeness (QED) is 0.373. The molecule has 0 radical (unpaired) electrons. The second kappa shape index (κ2) is 10.1. The van der Waals surface area contributed by atoms with Crippen molar-refractivity contribution >= 4 is 46.5 Å². The minimum Gasteiger partial charge on any atom is -0.493 e. The van der Waals surface area contributed by atoms with Gasteiger partial charge in [0.25, 0.3) is 0 Å². The van der Waals surface area contributed by atoms with Gasteiger partial charge in [0.2, 0.25) is 0 Å². The number of halogens is 4. The molecule has 162 valence electrons. The van der Waals surface area contributed by atoms with E-state index in [0.29, 0.717) is 38.4 Å². The van der Waals surface area contributed by atoms with Crippen molar-refractivity contribution in [3.05, 3.63) is 86.1 Å². The van der Waals surface area contributed by atoms with Gasteiger partial charge in [-0.3, -0.25) is 0 Å². The fourth-order valence-corrected chi connectivity index (χ4v) is 3.39. The number of methoxy groups -OCH3 is 1. The first-order valence-corrected chi connectivity index (χ1v) is 10.1. The molecule has 5 nitrogen and oxygen atoms in total. The fraction of sp³-hybridized carbons (Fsp3) is 0.136. The highest BCUT2D eigenvalue weighted by Crippen LogP contribution is 2.35. The largest absolute Gasteiger partial charge is 0.493 e. The summed E-state index contributed by atoms with van der Waals surface area (Å²) >= 11 is 18.6. The number of carboxylic acid groups (broad SMARTS) is 1. The van der Waals surface area contributed by atoms with E-state index in [4.69, 9.17) is 49.4 Å². The van der Waals surface area contributed by atoms with E-state index in [1.807, 2.05) is 0 Å². The van der Waals surface area contributed by atoms with Crippen LogP contribution in [0.1, 0.15) is 21.5 Å². The first-order valence-electron chi connectivity index (χ1n) is 8.98. The first-order chi connectivity index (χ1) is 14.8. The summed E-state index contributed by atoms with van der Waals surface area (Å²) in [7, 11) is 1.49. The summed E-state index contributed by atoms with van der Waals surface area (Å²) in [6.45, 7) is 0.364. The average molecular weight is 485 g/mol. The molecule has 0 spiro atoms. The van der Waals surface area contributed by atoms with Crippen LogP contribution in [0.4, 0.5) is 10.1 Å². The van der Waals surface area contributed by atoms with Gasteiger partial charge in [0, 0.05) is 23.2 Å². The topological polar surface area (TPSA) is 67.8 Å². The third-order valence-corrected chi connectivity index (χ3v) is 5.45. The molecule has 3 aromatic rings. The number of ether oxygens (including phenoxy) is 2. The molecule has 0 fully saturated rings. The molecule has 0 amide bonds. The van der Waals surface area contributed by atoms with E-state index in [2.05, 4.69) is 5.32 Å². The van der Waals surface area contributed by atoms with Gasteiger partial charge < -0.3 is 19.9 Å². The van der Waals surface area contributed by atoms with E-state index in [9.17, 15) is 9.18 Å². The number of anilines is 1. The van der Waals surface area contributed by atoms with Gasteiger partial charge in [-0.05, 0) is 42.0 Å². The van der Waals surface area contributed by atoms with E-state index in [-0.39, 0.29) is 23.7 Å². The van der Waals surface area contributed by atoms with E-state index < -0.39 is 11.8 Å². The van der Waals surface area contributed by atoms with Crippen molar-refractivity contribution in [2.24, 2.45) is 0 Å². The molecule has 0 aromatic heterocycles. The summed E-state index contributed by atoms with van der Waals surface area (Å²) in [4.78, 5) is 11.2. The molecule has 2 N–H and O–H groups in total. The molecule has 0 heterocycles. The summed E-state index contributed by atoms with van der Waals surface area (Å²) in [5, 5.41) is 13.3. The van der Waals surface area contributed by atoms with Gasteiger partial charge >= 0.3 is 5.97 Å². The number of carbonyl (C=O) groups is 1. The van der Waals surface area contributed by atoms with Crippen LogP contribution in [0, 0.1) is 5.82 Å². The number of hydrogen-bond donors (Lipinski definition) is 2. The number of rotatable bonds is 8. The normalized spacial score (nSPS) is 10.6. The summed E-state index contributed by atoms with van der Waals surface area (Å²) in [5.41, 5.74) is 1.86. The van der Waals surface area contributed by atoms with Crippen LogP contribution in [0.5, 0.6) is 11.5 Å². The van der Waals surface area contributed by atoms with Crippen LogP contribution in [-0.2, 0) is 13.2 Å². The number of benzene rings is 3. The molecule has 3 rings (SSSR count). The Morgan fingerprint density at radius 3 is 2.39 bits per heavy atom. The van der Waals surface area contributed by atoms with Crippen LogP contribution in [0.25, 0.3) is 0 Å². The van der Waals surface area contributed by atoms with Gasteiger partial charge in [-0.25, -0.2) is 9.18 Å². The molecule has 9 heteroatoms. The number of aromatic carboxylic acids is 1. The summed E-state index contributed by atoms with van der Waals surface area (Å²) in [6.07, 6.45) is 0. The van der Waals surface area contributed by atoms with Gasteiger partial charge in [-0.1, -0.05) is 40.9 Å². The lowest BCUT2D eigenvalue weighted by Gasteiger charge is -2.15. The molecule has 0 saturated carbocycles. The Morgan fingerprint density at radius 2 is 1.71 bits per heavy atom. The number of hydrogen-bond acceptors (Lipinski definition) is 4. The predicted octanol–water partition coefficient (Wildman–Crippen LogP) is 6.68. The van der Waals surface area contributed by atoms with Crippen molar-refractivity contribution in [3.8, 4) is 11.5 Å². The molecule has 0 bridgehead atoms. The van der Waals surface area contributed by atoms with Gasteiger partial charge in [-0.2, -0.15) is 0 Å². The van der Waals surface area contributed by atoms with E-state index in [1.54, 1.807) is 18.2 Å². The number of nitrogens with one attached hydrogen (secondary N) is 1. The molecule has 0 atom stereocenters. The highest BCUT2D eigenvalue weighted by Gasteiger charge is 2.13. The molecule has 0 aliphatic rings. The van der Waals surface area contributed by atoms with Crippen molar-refractivity contribution in [2.75, 3.05) is 12.4 Å². The van der Waals surface area contributed by atoms with Crippen molar-refractivity contribution in [3.63, 3.8) is 0 Å². The van der Waals surface area contributed by atoms with Crippen LogP contribution in [0.2, 0.25) is 15.1 Å². The van der Waals surface area contributed by atoms with Crippen LogP contribution in [-0.4, -0.2) is 18.2 Å². The Labute approximate surface area is 193 Å². The first kappa shape index (κ1) is 23.0. The SMILES string of the molecule is COc1cc(CNc2cc(C(=O)O)ccc2Cl)c(Cl)cc1OCc1ccc(F)cc1Cl. The molecule has 31 heavy (non-hydrogen) atoms. The van der Waals surface area contributed by atoms with E-state index in [0.717, 1.165) is 0 Å². The Bertz CT molecular complexity index is 1120. The molecule has 0 aliphatic heterocycles. The summed E-state index contributed by atoms with van der Waals surface area (Å²) < 4.78 is 24.4. The number of carboxylic acids is 1. The zero-order chi connectivity index (χ0) is 22.5. The Morgan fingerprint density at radius 1 is 0.968 bits per heavy atom. The van der Waals surface area contributed by atoms with Gasteiger partial charge in [0.05, 0.1) is 28.4 Å². The highest BCUT2D eigenvalue weighted by atomic mass is 35.5. The van der Waals surface area contributed by atoms with E-state index >= 15 is 0 Å². The zero-order valence-corrected chi connectivity index (χ0v) is 18.5. The molecular weight excluding hydrogens is 468 g/mol. The van der Waals surface area contributed by atoms with Crippen LogP contribution in [0.15, 0.2) is 48.5 Å². The zero-order valence-electron chi connectivity index (χ0n) is 16.2. The lowest BCUT2D eigenvalue weighted by molar-refractivity contribution is 0.0697. The second-order valence-electron chi connectivity index (χ2n) is 6.47. The Hall–Kier alpha value is -2.67. The Kier molecular flexibility index (Phi) is 7.49. The molecule has 0 saturated heterocycles. The predicted molar refractivity (Wildman–Crippen MR) is 119 cm³/mol. The lowest BCUT2D eigenvalue weighted by Crippen LogP contribution is -2.05. The molecule has 0 unspecified atom stereocenters. The van der Waals surface area contributed by atoms with Crippen LogP contribution in [0.3, 0.4) is 0 Å². The van der Waals surface area contributed by atoms with Crippen molar-refractivity contribution in [2.45, 2.75) is 13.2 Å². The third-order valence-electron chi connectivity index (χ3n) is 4.41. The smallest absolute Gasteiger partial charge is 0.335 e. The van der Waals surface area contributed by atoms with Gasteiger partial charge in [0.1, 0.15) is 12.4 Å². The maximum absolute atomic E-state index is 13.2. The van der Waals surface area contributed by atoms with Gasteiger partial charge in [-0.15, -0.1) is 0 Å². The average Bonchev–Trinajstić information content (AvgIpc) is 2.73. The van der Waals surface area contributed by atoms with Crippen molar-refractivity contribution < 1.29 is 23.8 Å². The highest BCUT2D eigenvalue weighted by molar-refractivity contribution is 6.33. The fourth-order valence-electron chi connectivity index (χ4n) is 2.76. The van der Waals surface area contributed by atoms with Gasteiger partial charge in [0.15, 0.2) is 11.5 Å². The minimum atomic E-state index is -1.05. The Balaban J connectivity index is 1.76. The second-order valence-corrected chi connectivity index (χ2v) is 7.69. The standard InChI is InChI=1S/C22H17Cl3FNO4/c1-30-20-7-14(10-27-19-6-12(22(28)29)3-5-16(19)23)18(25)9-21(20)31-11-13-2-4-15(26)8-17(13)24/h2-9,27H,10-11H2,1H3,(H,28,29). The maximum Gasteiger partial charge on any atom is 0.335 e. The van der Waals surface area contributed by atoms with Crippen molar-refractivity contribution in [1.29, 1.82) is 0 Å². The molecule has 0 aliphatic carbocycles. The van der Waals surface area contributed by atoms with Crippen LogP contribution < -0.4 is 14.8 Å². The summed E-state index contributed by atoms with van der Waals surface area (Å²) in [5.74, 6) is -0.658. The lowest BCUT2D eigenvalue weighted by atomic mass is 10.1. The monoisotopic (exact) mass is 483 g/mol. The van der Waals surface area contributed by atoms with E-state index in [1.165, 1.54) is 37.4 Å². The molecule has 3 aromatic carbocycles. The maximum atomic E-state index is 13.2. The minimum absolute atomic E-state index is 0.0982. The van der Waals surface area contributed by atoms with Crippen molar-refractivity contribution in [1.82, 2.24) is 0 Å². The molecular formula is C22H17Cl3FNO4. The summed E-state index contributed by atoms with van der Waals surface area (Å²) in [6, 6.07) is 11.7.